The zero-order valence-corrected chi connectivity index (χ0v) is 13.2. The van der Waals surface area contributed by atoms with Crippen LogP contribution in [0.1, 0.15) is 28.2 Å². The van der Waals surface area contributed by atoms with Gasteiger partial charge in [-0.2, -0.15) is 0 Å². The minimum absolute atomic E-state index is 0.107. The number of likely N-dealkylation sites (tertiary alicyclic amines) is 1. The molecule has 1 fully saturated rings. The van der Waals surface area contributed by atoms with E-state index in [1.807, 2.05) is 42.7 Å². The Morgan fingerprint density at radius 2 is 2.09 bits per heavy atom. The van der Waals surface area contributed by atoms with Gasteiger partial charge in [-0.3, -0.25) is 9.59 Å². The third-order valence-corrected chi connectivity index (χ3v) is 4.36. The molecule has 2 aromatic rings. The van der Waals surface area contributed by atoms with Crippen LogP contribution in [0, 0.1) is 19.8 Å². The van der Waals surface area contributed by atoms with Crippen LogP contribution < -0.4 is 0 Å². The number of carboxylic acid groups (broad SMARTS) is 1. The van der Waals surface area contributed by atoms with E-state index in [2.05, 4.69) is 4.98 Å². The molecule has 0 bridgehead atoms. The molecule has 6 nitrogen and oxygen atoms in total. The van der Waals surface area contributed by atoms with E-state index >= 15 is 0 Å². The van der Waals surface area contributed by atoms with Gasteiger partial charge in [0.1, 0.15) is 5.82 Å². The first-order chi connectivity index (χ1) is 11.0. The first-order valence-electron chi connectivity index (χ1n) is 7.61. The lowest BCUT2D eigenvalue weighted by Gasteiger charge is -2.16. The number of aryl methyl sites for hydroxylation is 1. The van der Waals surface area contributed by atoms with E-state index < -0.39 is 11.9 Å². The molecule has 120 valence electrons. The van der Waals surface area contributed by atoms with E-state index in [0.717, 1.165) is 17.2 Å². The monoisotopic (exact) mass is 313 g/mol. The summed E-state index contributed by atoms with van der Waals surface area (Å²) in [5.74, 6) is -0.632. The number of carbonyl (C=O) groups excluding carboxylic acids is 1. The molecular formula is C17H19N3O3. The van der Waals surface area contributed by atoms with Crippen molar-refractivity contribution in [2.24, 2.45) is 5.92 Å². The molecule has 23 heavy (non-hydrogen) atoms. The highest BCUT2D eigenvalue weighted by molar-refractivity contribution is 5.96. The Balaban J connectivity index is 1.90. The molecule has 1 amide bonds. The Morgan fingerprint density at radius 3 is 2.70 bits per heavy atom. The van der Waals surface area contributed by atoms with Crippen LogP contribution in [0.15, 0.2) is 30.5 Å². The number of nitrogens with zero attached hydrogens (tertiary/aromatic N) is 3. The Bertz CT molecular complexity index is 752. The predicted molar refractivity (Wildman–Crippen MR) is 84.7 cm³/mol. The molecule has 0 radical (unpaired) electrons. The lowest BCUT2D eigenvalue weighted by atomic mass is 10.1. The van der Waals surface area contributed by atoms with E-state index in [4.69, 9.17) is 5.11 Å². The summed E-state index contributed by atoms with van der Waals surface area (Å²) in [5.41, 5.74) is 2.36. The number of hydrogen-bond acceptors (Lipinski definition) is 3. The van der Waals surface area contributed by atoms with Gasteiger partial charge in [0.25, 0.3) is 5.91 Å². The second-order valence-electron chi connectivity index (χ2n) is 5.88. The maximum Gasteiger partial charge on any atom is 0.308 e. The predicted octanol–water partition coefficient (Wildman–Crippen LogP) is 2.04. The minimum Gasteiger partial charge on any atom is -0.481 e. The molecular weight excluding hydrogens is 294 g/mol. The van der Waals surface area contributed by atoms with Gasteiger partial charge in [-0.25, -0.2) is 4.98 Å². The smallest absolute Gasteiger partial charge is 0.308 e. The molecule has 6 heteroatoms. The number of carboxylic acids is 1. The number of carbonyl (C=O) groups is 2. The van der Waals surface area contributed by atoms with Crippen LogP contribution in [0.5, 0.6) is 0 Å². The van der Waals surface area contributed by atoms with E-state index in [9.17, 15) is 9.59 Å². The standard InChI is InChI=1S/C17H19N3O3/c1-11-9-14(12(2)20(11)15-5-3-4-7-18-15)16(21)19-8-6-13(10-19)17(22)23/h3-5,7,9,13H,6,8,10H2,1-2H3,(H,22,23). The molecule has 1 unspecified atom stereocenters. The molecule has 2 aromatic heterocycles. The third-order valence-electron chi connectivity index (χ3n) is 4.36. The van der Waals surface area contributed by atoms with Crippen LogP contribution in [0.4, 0.5) is 0 Å². The van der Waals surface area contributed by atoms with E-state index in [1.54, 1.807) is 11.1 Å². The quantitative estimate of drug-likeness (QED) is 0.941. The van der Waals surface area contributed by atoms with Crippen molar-refractivity contribution < 1.29 is 14.7 Å². The maximum absolute atomic E-state index is 12.7. The van der Waals surface area contributed by atoms with Crippen molar-refractivity contribution in [3.05, 3.63) is 47.4 Å². The molecule has 3 rings (SSSR count). The highest BCUT2D eigenvalue weighted by Gasteiger charge is 2.32. The SMILES string of the molecule is Cc1cc(C(=O)N2CCC(C(=O)O)C2)c(C)n1-c1ccccn1. The summed E-state index contributed by atoms with van der Waals surface area (Å²) < 4.78 is 1.94. The van der Waals surface area contributed by atoms with Gasteiger partial charge in [-0.05, 0) is 38.5 Å². The highest BCUT2D eigenvalue weighted by atomic mass is 16.4. The Hall–Kier alpha value is -2.63. The Labute approximate surface area is 134 Å². The summed E-state index contributed by atoms with van der Waals surface area (Å²) in [5, 5.41) is 9.08. The lowest BCUT2D eigenvalue weighted by molar-refractivity contribution is -0.141. The minimum atomic E-state index is -0.834. The maximum atomic E-state index is 12.7. The van der Waals surface area contributed by atoms with Gasteiger partial charge < -0.3 is 14.6 Å². The Morgan fingerprint density at radius 1 is 1.30 bits per heavy atom. The summed E-state index contributed by atoms with van der Waals surface area (Å²) in [4.78, 5) is 29.8. The number of pyridine rings is 1. The summed E-state index contributed by atoms with van der Waals surface area (Å²) >= 11 is 0. The van der Waals surface area contributed by atoms with Crippen molar-refractivity contribution in [2.45, 2.75) is 20.3 Å². The number of aliphatic carboxylic acids is 1. The van der Waals surface area contributed by atoms with Gasteiger partial charge in [0.05, 0.1) is 11.5 Å². The van der Waals surface area contributed by atoms with Gasteiger partial charge in [0.15, 0.2) is 0 Å². The van der Waals surface area contributed by atoms with Crippen molar-refractivity contribution in [1.82, 2.24) is 14.5 Å². The molecule has 0 aromatic carbocycles. The topological polar surface area (TPSA) is 75.4 Å². The van der Waals surface area contributed by atoms with Crippen LogP contribution in [-0.2, 0) is 4.79 Å². The van der Waals surface area contributed by atoms with Gasteiger partial charge in [-0.15, -0.1) is 0 Å². The first kappa shape index (κ1) is 15.3. The highest BCUT2D eigenvalue weighted by Crippen LogP contribution is 2.24. The van der Waals surface area contributed by atoms with Crippen molar-refractivity contribution in [3.8, 4) is 5.82 Å². The Kier molecular flexibility index (Phi) is 3.90. The molecule has 3 heterocycles. The molecule has 1 aliphatic rings. The molecule has 0 aliphatic carbocycles. The molecule has 1 aliphatic heterocycles. The summed E-state index contributed by atoms with van der Waals surface area (Å²) in [7, 11) is 0. The van der Waals surface area contributed by atoms with Crippen LogP contribution in [0.3, 0.4) is 0 Å². The third kappa shape index (κ3) is 2.72. The molecule has 1 saturated heterocycles. The lowest BCUT2D eigenvalue weighted by Crippen LogP contribution is -2.30. The normalized spacial score (nSPS) is 17.5. The summed E-state index contributed by atoms with van der Waals surface area (Å²) in [6.45, 7) is 4.59. The van der Waals surface area contributed by atoms with Crippen LogP contribution in [0.2, 0.25) is 0 Å². The average molecular weight is 313 g/mol. The number of aromatic nitrogens is 2. The van der Waals surface area contributed by atoms with E-state index in [0.29, 0.717) is 18.5 Å². The molecule has 1 atom stereocenters. The van der Waals surface area contributed by atoms with Crippen molar-refractivity contribution in [2.75, 3.05) is 13.1 Å². The van der Waals surface area contributed by atoms with E-state index in [1.165, 1.54) is 0 Å². The van der Waals surface area contributed by atoms with E-state index in [-0.39, 0.29) is 12.5 Å². The molecule has 0 spiro atoms. The van der Waals surface area contributed by atoms with Crippen molar-refractivity contribution >= 4 is 11.9 Å². The number of rotatable bonds is 3. The number of amides is 1. The zero-order valence-electron chi connectivity index (χ0n) is 13.2. The van der Waals surface area contributed by atoms with Crippen LogP contribution >= 0.6 is 0 Å². The zero-order chi connectivity index (χ0) is 16.6. The van der Waals surface area contributed by atoms with Gasteiger partial charge in [0, 0.05) is 30.7 Å². The van der Waals surface area contributed by atoms with Crippen molar-refractivity contribution in [1.29, 1.82) is 0 Å². The van der Waals surface area contributed by atoms with Gasteiger partial charge in [-0.1, -0.05) is 6.07 Å². The first-order valence-corrected chi connectivity index (χ1v) is 7.61. The van der Waals surface area contributed by atoms with Crippen molar-refractivity contribution in [3.63, 3.8) is 0 Å². The molecule has 1 N–H and O–H groups in total. The van der Waals surface area contributed by atoms with Crippen LogP contribution in [0.25, 0.3) is 5.82 Å². The molecule has 0 saturated carbocycles. The fourth-order valence-electron chi connectivity index (χ4n) is 3.13. The van der Waals surface area contributed by atoms with Crippen LogP contribution in [-0.4, -0.2) is 44.5 Å². The van der Waals surface area contributed by atoms with Gasteiger partial charge in [0.2, 0.25) is 0 Å². The summed E-state index contributed by atoms with van der Waals surface area (Å²) in [6.07, 6.45) is 2.23. The fourth-order valence-corrected chi connectivity index (χ4v) is 3.13. The fraction of sp³-hybridized carbons (Fsp3) is 0.353. The largest absolute Gasteiger partial charge is 0.481 e. The second-order valence-corrected chi connectivity index (χ2v) is 5.88. The second kappa shape index (κ2) is 5.87. The summed E-state index contributed by atoms with van der Waals surface area (Å²) in [6, 6.07) is 7.49. The number of hydrogen-bond donors (Lipinski definition) is 1. The average Bonchev–Trinajstić information content (AvgIpc) is 3.13. The van der Waals surface area contributed by atoms with Gasteiger partial charge >= 0.3 is 5.97 Å².